The molecule has 5 rings (SSSR count). The minimum absolute atomic E-state index is 0.185. The van der Waals surface area contributed by atoms with Gasteiger partial charge in [-0.25, -0.2) is 13.9 Å². The molecule has 3 heterocycles. The first-order chi connectivity index (χ1) is 15.2. The van der Waals surface area contributed by atoms with Crippen molar-refractivity contribution in [2.75, 3.05) is 20.2 Å². The molecule has 0 bridgehead atoms. The Bertz CT molecular complexity index is 1180. The number of ether oxygens (including phenoxy) is 1. The molecular formula is C25H25FN4O. The number of halogens is 1. The number of rotatable bonds is 5. The first-order valence-corrected chi connectivity index (χ1v) is 10.7. The van der Waals surface area contributed by atoms with Crippen LogP contribution < -0.4 is 4.74 Å². The van der Waals surface area contributed by atoms with Crippen LogP contribution in [0.15, 0.2) is 66.9 Å². The van der Waals surface area contributed by atoms with Gasteiger partial charge in [0.1, 0.15) is 11.6 Å². The highest BCUT2D eigenvalue weighted by atomic mass is 19.1. The zero-order chi connectivity index (χ0) is 21.2. The lowest BCUT2D eigenvalue weighted by atomic mass is 9.96. The Morgan fingerprint density at radius 3 is 2.58 bits per heavy atom. The van der Waals surface area contributed by atoms with Gasteiger partial charge in [0.05, 0.1) is 7.11 Å². The summed E-state index contributed by atoms with van der Waals surface area (Å²) in [6.45, 7) is 2.84. The second-order valence-electron chi connectivity index (χ2n) is 8.10. The largest absolute Gasteiger partial charge is 0.497 e. The summed E-state index contributed by atoms with van der Waals surface area (Å²) >= 11 is 0. The highest BCUT2D eigenvalue weighted by Gasteiger charge is 2.24. The zero-order valence-corrected chi connectivity index (χ0v) is 17.5. The maximum absolute atomic E-state index is 13.1. The van der Waals surface area contributed by atoms with E-state index in [9.17, 15) is 4.39 Å². The molecule has 0 aliphatic carbocycles. The third-order valence-electron chi connectivity index (χ3n) is 6.02. The molecule has 0 atom stereocenters. The van der Waals surface area contributed by atoms with E-state index in [2.05, 4.69) is 17.0 Å². The van der Waals surface area contributed by atoms with E-state index in [0.29, 0.717) is 5.92 Å². The summed E-state index contributed by atoms with van der Waals surface area (Å²) in [5, 5.41) is 4.80. The van der Waals surface area contributed by atoms with Gasteiger partial charge in [-0.2, -0.15) is 5.10 Å². The highest BCUT2D eigenvalue weighted by Crippen LogP contribution is 2.28. The molecule has 1 aliphatic rings. The van der Waals surface area contributed by atoms with Crippen molar-refractivity contribution in [1.29, 1.82) is 0 Å². The molecule has 1 fully saturated rings. The molecular weight excluding hydrogens is 391 g/mol. The monoisotopic (exact) mass is 416 g/mol. The molecule has 0 unspecified atom stereocenters. The van der Waals surface area contributed by atoms with Crippen LogP contribution in [0.25, 0.3) is 16.8 Å². The van der Waals surface area contributed by atoms with Crippen molar-refractivity contribution in [2.24, 2.45) is 0 Å². The summed E-state index contributed by atoms with van der Waals surface area (Å²) in [4.78, 5) is 7.21. The quantitative estimate of drug-likeness (QED) is 0.463. The van der Waals surface area contributed by atoms with Gasteiger partial charge in [-0.15, -0.1) is 0 Å². The molecule has 2 aromatic carbocycles. The minimum Gasteiger partial charge on any atom is -0.497 e. The van der Waals surface area contributed by atoms with Gasteiger partial charge in [0.2, 0.25) is 0 Å². The van der Waals surface area contributed by atoms with Crippen LogP contribution in [0.1, 0.15) is 30.1 Å². The molecule has 158 valence electrons. The molecule has 6 heteroatoms. The van der Waals surface area contributed by atoms with Crippen LogP contribution in [-0.2, 0) is 6.54 Å². The number of likely N-dealkylation sites (tertiary alicyclic amines) is 1. The van der Waals surface area contributed by atoms with Crippen molar-refractivity contribution in [2.45, 2.75) is 25.3 Å². The number of fused-ring (bicyclic) bond motifs is 1. The van der Waals surface area contributed by atoms with Gasteiger partial charge in [-0.05, 0) is 73.5 Å². The smallest absolute Gasteiger partial charge is 0.155 e. The molecule has 0 radical (unpaired) electrons. The second-order valence-corrected chi connectivity index (χ2v) is 8.10. The summed E-state index contributed by atoms with van der Waals surface area (Å²) in [7, 11) is 1.68. The molecule has 1 aliphatic heterocycles. The van der Waals surface area contributed by atoms with E-state index in [4.69, 9.17) is 14.8 Å². The average Bonchev–Trinajstić information content (AvgIpc) is 3.24. The van der Waals surface area contributed by atoms with E-state index >= 15 is 0 Å². The Hall–Kier alpha value is -3.25. The summed E-state index contributed by atoms with van der Waals surface area (Å²) in [6.07, 6.45) is 4.09. The first kappa shape index (κ1) is 19.7. The fourth-order valence-electron chi connectivity index (χ4n) is 4.24. The average molecular weight is 417 g/mol. The summed E-state index contributed by atoms with van der Waals surface area (Å²) in [5.74, 6) is 1.94. The van der Waals surface area contributed by atoms with E-state index < -0.39 is 0 Å². The third-order valence-corrected chi connectivity index (χ3v) is 6.02. The lowest BCUT2D eigenvalue weighted by Crippen LogP contribution is -2.32. The van der Waals surface area contributed by atoms with Gasteiger partial charge in [-0.3, -0.25) is 4.90 Å². The number of hydrogen-bond acceptors (Lipinski definition) is 4. The Labute approximate surface area is 181 Å². The fraction of sp³-hybridized carbons (Fsp3) is 0.280. The summed E-state index contributed by atoms with van der Waals surface area (Å²) in [6, 6.07) is 18.9. The van der Waals surface area contributed by atoms with Crippen LogP contribution >= 0.6 is 0 Å². The van der Waals surface area contributed by atoms with Crippen molar-refractivity contribution < 1.29 is 9.13 Å². The molecule has 0 N–H and O–H groups in total. The zero-order valence-electron chi connectivity index (χ0n) is 17.5. The number of aromatic nitrogens is 3. The van der Waals surface area contributed by atoms with Crippen molar-refractivity contribution in [3.05, 3.63) is 84.1 Å². The molecule has 0 saturated carbocycles. The van der Waals surface area contributed by atoms with Crippen LogP contribution in [0.3, 0.4) is 0 Å². The number of pyridine rings is 1. The molecule has 0 amide bonds. The Morgan fingerprint density at radius 1 is 1.00 bits per heavy atom. The maximum Gasteiger partial charge on any atom is 0.155 e. The Morgan fingerprint density at radius 2 is 1.81 bits per heavy atom. The number of methoxy groups -OCH3 is 1. The number of hydrogen-bond donors (Lipinski definition) is 0. The molecule has 0 spiro atoms. The van der Waals surface area contributed by atoms with Crippen LogP contribution in [-0.4, -0.2) is 39.7 Å². The number of nitrogens with zero attached hydrogens (tertiary/aromatic N) is 4. The van der Waals surface area contributed by atoms with Gasteiger partial charge in [-0.1, -0.05) is 24.3 Å². The van der Waals surface area contributed by atoms with E-state index in [1.807, 2.05) is 47.1 Å². The summed E-state index contributed by atoms with van der Waals surface area (Å²) in [5.41, 5.74) is 4.19. The third kappa shape index (κ3) is 4.30. The Kier molecular flexibility index (Phi) is 5.38. The lowest BCUT2D eigenvalue weighted by molar-refractivity contribution is 0.201. The van der Waals surface area contributed by atoms with Crippen LogP contribution in [0.5, 0.6) is 5.75 Å². The Balaban J connectivity index is 1.28. The first-order valence-electron chi connectivity index (χ1n) is 10.7. The normalized spacial score (nSPS) is 15.4. The molecule has 4 aromatic rings. The van der Waals surface area contributed by atoms with Gasteiger partial charge in [0.15, 0.2) is 11.5 Å². The predicted molar refractivity (Wildman–Crippen MR) is 119 cm³/mol. The lowest BCUT2D eigenvalue weighted by Gasteiger charge is -2.30. The van der Waals surface area contributed by atoms with E-state index in [1.54, 1.807) is 7.11 Å². The fourth-order valence-corrected chi connectivity index (χ4v) is 4.24. The molecule has 31 heavy (non-hydrogen) atoms. The van der Waals surface area contributed by atoms with Crippen molar-refractivity contribution >= 4 is 5.65 Å². The van der Waals surface area contributed by atoms with Gasteiger partial charge in [0.25, 0.3) is 0 Å². The van der Waals surface area contributed by atoms with Crippen molar-refractivity contribution in [1.82, 2.24) is 19.5 Å². The number of piperidine rings is 1. The SMILES string of the molecule is COc1cccc(-c2ccc3nc(C4CCN(Cc5ccc(F)cc5)CC4)nn3c2)c1. The van der Waals surface area contributed by atoms with E-state index in [-0.39, 0.29) is 5.82 Å². The van der Waals surface area contributed by atoms with Crippen molar-refractivity contribution in [3.63, 3.8) is 0 Å². The second kappa shape index (κ2) is 8.47. The topological polar surface area (TPSA) is 42.7 Å². The van der Waals surface area contributed by atoms with Crippen molar-refractivity contribution in [3.8, 4) is 16.9 Å². The van der Waals surface area contributed by atoms with Gasteiger partial charge in [0, 0.05) is 24.2 Å². The van der Waals surface area contributed by atoms with Crippen LogP contribution in [0, 0.1) is 5.82 Å². The highest BCUT2D eigenvalue weighted by molar-refractivity contribution is 5.65. The summed E-state index contributed by atoms with van der Waals surface area (Å²) < 4.78 is 20.3. The standard InChI is InChI=1S/C25H25FN4O/c1-31-23-4-2-3-20(15-23)21-7-10-24-27-25(28-30(24)17-21)19-11-13-29(14-12-19)16-18-5-8-22(26)9-6-18/h2-10,15,17,19H,11-14,16H2,1H3. The van der Waals surface area contributed by atoms with E-state index in [1.165, 1.54) is 12.1 Å². The minimum atomic E-state index is -0.185. The molecule has 1 saturated heterocycles. The maximum atomic E-state index is 13.1. The number of benzene rings is 2. The van der Waals surface area contributed by atoms with Gasteiger partial charge < -0.3 is 4.74 Å². The van der Waals surface area contributed by atoms with Crippen LogP contribution in [0.2, 0.25) is 0 Å². The molecule has 2 aromatic heterocycles. The molecule has 5 nitrogen and oxygen atoms in total. The predicted octanol–water partition coefficient (Wildman–Crippen LogP) is 4.92. The van der Waals surface area contributed by atoms with Crippen LogP contribution in [0.4, 0.5) is 4.39 Å². The van der Waals surface area contributed by atoms with Gasteiger partial charge >= 0.3 is 0 Å². The van der Waals surface area contributed by atoms with E-state index in [0.717, 1.165) is 66.4 Å².